The fraction of sp³-hybridized carbons (Fsp3) is 0.111. The van der Waals surface area contributed by atoms with Gasteiger partial charge < -0.3 is 0 Å². The summed E-state index contributed by atoms with van der Waals surface area (Å²) in [7, 11) is 0. The third-order valence-electron chi connectivity index (χ3n) is 1.23. The SMILES string of the molecule is [2H]c1nc(-n2nc(Br)c([2H])c2[2H])c([2H])c(C([2H])([2H])[2H])c1[2H]. The molecule has 13 heavy (non-hydrogen) atoms. The van der Waals surface area contributed by atoms with E-state index in [0.717, 1.165) is 4.68 Å². The summed E-state index contributed by atoms with van der Waals surface area (Å²) >= 11 is 2.96. The van der Waals surface area contributed by atoms with Crippen LogP contribution in [0.25, 0.3) is 5.82 Å². The second kappa shape index (κ2) is 3.30. The standard InChI is InChI=1S/C9H8BrN3/c1-7-2-4-11-9(6-7)13-5-3-8(10)12-13/h2-6H,1H3/i1D3,2D,3D,4D,5D,6D. The third kappa shape index (κ3) is 1.78. The van der Waals surface area contributed by atoms with Crippen LogP contribution in [0.3, 0.4) is 0 Å². The van der Waals surface area contributed by atoms with Crippen LogP contribution in [0.15, 0.2) is 35.1 Å². The summed E-state index contributed by atoms with van der Waals surface area (Å²) in [4.78, 5) is 3.65. The Bertz CT molecular complexity index is 723. The van der Waals surface area contributed by atoms with Gasteiger partial charge in [-0.1, -0.05) is 0 Å². The van der Waals surface area contributed by atoms with Gasteiger partial charge in [-0.2, -0.15) is 5.10 Å². The first kappa shape index (κ1) is 3.20. The van der Waals surface area contributed by atoms with Crippen molar-refractivity contribution in [1.82, 2.24) is 14.8 Å². The second-order valence-electron chi connectivity index (χ2n) is 2.11. The molecule has 2 aromatic heterocycles. The summed E-state index contributed by atoms with van der Waals surface area (Å²) < 4.78 is 61.3. The lowest BCUT2D eigenvalue weighted by molar-refractivity contribution is 0.837. The molecule has 66 valence electrons. The minimum absolute atomic E-state index is 0.0330. The predicted octanol–water partition coefficient (Wildman–Crippen LogP) is 2.34. The molecular weight excluding hydrogens is 230 g/mol. The van der Waals surface area contributed by atoms with Crippen LogP contribution in [-0.2, 0) is 0 Å². The summed E-state index contributed by atoms with van der Waals surface area (Å²) in [5.74, 6) is -0.369. The van der Waals surface area contributed by atoms with Crippen LogP contribution < -0.4 is 0 Å². The van der Waals surface area contributed by atoms with E-state index in [2.05, 4.69) is 26.0 Å². The van der Waals surface area contributed by atoms with Gasteiger partial charge in [0.1, 0.15) is 4.60 Å². The molecule has 2 aromatic rings. The lowest BCUT2D eigenvalue weighted by Gasteiger charge is -1.99. The zero-order valence-electron chi connectivity index (χ0n) is 14.2. The van der Waals surface area contributed by atoms with Crippen LogP contribution in [0, 0.1) is 6.85 Å². The Hall–Kier alpha value is -1.16. The molecule has 0 aliphatic heterocycles. The number of nitrogens with zero attached hydrogens (tertiary/aromatic N) is 3. The number of hydrogen-bond donors (Lipinski definition) is 0. The summed E-state index contributed by atoms with van der Waals surface area (Å²) in [6.07, 6.45) is -1.04. The van der Waals surface area contributed by atoms with Crippen LogP contribution >= 0.6 is 15.9 Å². The Morgan fingerprint density at radius 2 is 2.54 bits per heavy atom. The van der Waals surface area contributed by atoms with Crippen molar-refractivity contribution >= 4 is 15.9 Å². The van der Waals surface area contributed by atoms with E-state index in [1.807, 2.05) is 0 Å². The van der Waals surface area contributed by atoms with Crippen LogP contribution in [0.1, 0.15) is 16.5 Å². The van der Waals surface area contributed by atoms with Gasteiger partial charge in [0.15, 0.2) is 5.82 Å². The fourth-order valence-corrected chi connectivity index (χ4v) is 0.993. The average molecular weight is 246 g/mol. The van der Waals surface area contributed by atoms with Gasteiger partial charge in [-0.15, -0.1) is 0 Å². The zero-order chi connectivity index (χ0) is 16.1. The highest BCUT2D eigenvalue weighted by atomic mass is 79.9. The topological polar surface area (TPSA) is 30.7 Å². The molecule has 3 nitrogen and oxygen atoms in total. The van der Waals surface area contributed by atoms with Crippen molar-refractivity contribution in [2.75, 3.05) is 0 Å². The maximum Gasteiger partial charge on any atom is 0.153 e. The average Bonchev–Trinajstić information content (AvgIpc) is 2.60. The predicted molar refractivity (Wildman–Crippen MR) is 53.8 cm³/mol. The fourth-order valence-electron chi connectivity index (χ4n) is 0.745. The van der Waals surface area contributed by atoms with E-state index in [4.69, 9.17) is 11.0 Å². The maximum atomic E-state index is 7.91. The molecule has 0 unspecified atom stereocenters. The van der Waals surface area contributed by atoms with Crippen LogP contribution in [0.2, 0.25) is 0 Å². The minimum Gasteiger partial charge on any atom is -0.237 e. The van der Waals surface area contributed by atoms with Gasteiger partial charge in [0.25, 0.3) is 0 Å². The van der Waals surface area contributed by atoms with E-state index in [1.54, 1.807) is 0 Å². The lowest BCUT2D eigenvalue weighted by Crippen LogP contribution is -1.97. The van der Waals surface area contributed by atoms with Gasteiger partial charge in [0.05, 0.1) is 6.85 Å². The lowest BCUT2D eigenvalue weighted by atomic mass is 10.3. The Labute approximate surface area is 95.8 Å². The Kier molecular flexibility index (Phi) is 0.813. The molecule has 0 aliphatic rings. The number of aromatic nitrogens is 3. The molecule has 0 radical (unpaired) electrons. The van der Waals surface area contributed by atoms with E-state index >= 15 is 0 Å². The molecule has 0 bridgehead atoms. The quantitative estimate of drug-likeness (QED) is 0.773. The van der Waals surface area contributed by atoms with E-state index in [0.29, 0.717) is 0 Å². The number of pyridine rings is 1. The minimum atomic E-state index is -2.77. The highest BCUT2D eigenvalue weighted by Gasteiger charge is 1.99. The van der Waals surface area contributed by atoms with E-state index in [9.17, 15) is 0 Å². The van der Waals surface area contributed by atoms with Gasteiger partial charge in [0.2, 0.25) is 0 Å². The molecule has 0 N–H and O–H groups in total. The van der Waals surface area contributed by atoms with Gasteiger partial charge in [-0.05, 0) is 46.5 Å². The van der Waals surface area contributed by atoms with Crippen molar-refractivity contribution in [3.8, 4) is 5.82 Å². The summed E-state index contributed by atoms with van der Waals surface area (Å²) in [6.45, 7) is -2.77. The van der Waals surface area contributed by atoms with Crippen LogP contribution in [0.4, 0.5) is 0 Å². The first-order chi connectivity index (χ1) is 9.55. The molecule has 0 saturated heterocycles. The maximum absolute atomic E-state index is 7.91. The summed E-state index contributed by atoms with van der Waals surface area (Å²) in [5.41, 5.74) is -0.630. The molecule has 0 atom stereocenters. The molecule has 0 saturated carbocycles. The Morgan fingerprint density at radius 1 is 1.62 bits per heavy atom. The van der Waals surface area contributed by atoms with Gasteiger partial charge >= 0.3 is 0 Å². The largest absolute Gasteiger partial charge is 0.237 e. The normalized spacial score (nSPS) is 20.1. The number of rotatable bonds is 1. The number of hydrogen-bond acceptors (Lipinski definition) is 2. The Balaban J connectivity index is 2.83. The van der Waals surface area contributed by atoms with Crippen LogP contribution in [0.5, 0.6) is 0 Å². The molecular formula is C9H8BrN3. The van der Waals surface area contributed by atoms with Crippen molar-refractivity contribution < 1.29 is 11.0 Å². The van der Waals surface area contributed by atoms with Crippen molar-refractivity contribution in [1.29, 1.82) is 0 Å². The summed E-state index contributed by atoms with van der Waals surface area (Å²) in [6, 6.07) is -1.53. The first-order valence-corrected chi connectivity index (χ1v) is 4.05. The van der Waals surface area contributed by atoms with Crippen molar-refractivity contribution in [3.05, 3.63) is 40.6 Å². The summed E-state index contributed by atoms with van der Waals surface area (Å²) in [5, 5.41) is 3.78. The monoisotopic (exact) mass is 245 g/mol. The molecule has 0 fully saturated rings. The van der Waals surface area contributed by atoms with Gasteiger partial charge in [-0.25, -0.2) is 9.67 Å². The van der Waals surface area contributed by atoms with Crippen molar-refractivity contribution in [3.63, 3.8) is 0 Å². The smallest absolute Gasteiger partial charge is 0.153 e. The van der Waals surface area contributed by atoms with Crippen molar-refractivity contribution in [2.45, 2.75) is 6.85 Å². The molecule has 2 rings (SSSR count). The zero-order valence-corrected chi connectivity index (χ0v) is 7.81. The first-order valence-electron chi connectivity index (χ1n) is 7.26. The third-order valence-corrected chi connectivity index (χ3v) is 1.59. The molecule has 0 spiro atoms. The molecule has 2 heterocycles. The van der Waals surface area contributed by atoms with Gasteiger partial charge in [0, 0.05) is 16.5 Å². The highest BCUT2D eigenvalue weighted by Crippen LogP contribution is 2.09. The molecule has 0 aliphatic carbocycles. The van der Waals surface area contributed by atoms with E-state index < -0.39 is 36.8 Å². The number of halogens is 1. The van der Waals surface area contributed by atoms with E-state index in [-0.39, 0.29) is 16.5 Å². The van der Waals surface area contributed by atoms with E-state index in [1.165, 1.54) is 0 Å². The Morgan fingerprint density at radius 3 is 3.23 bits per heavy atom. The molecule has 0 amide bonds. The second-order valence-corrected chi connectivity index (χ2v) is 2.86. The van der Waals surface area contributed by atoms with Crippen molar-refractivity contribution in [2.24, 2.45) is 0 Å². The highest BCUT2D eigenvalue weighted by molar-refractivity contribution is 9.10. The van der Waals surface area contributed by atoms with Gasteiger partial charge in [-0.3, -0.25) is 0 Å². The molecule has 4 heteroatoms. The molecule has 0 aromatic carbocycles. The van der Waals surface area contributed by atoms with Crippen LogP contribution in [-0.4, -0.2) is 14.8 Å².